The van der Waals surface area contributed by atoms with E-state index in [1.54, 1.807) is 0 Å². The van der Waals surface area contributed by atoms with Gasteiger partial charge in [-0.3, -0.25) is 4.98 Å². The first-order chi connectivity index (χ1) is 9.81. The van der Waals surface area contributed by atoms with Gasteiger partial charge < -0.3 is 11.1 Å². The summed E-state index contributed by atoms with van der Waals surface area (Å²) in [5.74, 6) is 1.28. The number of hydrogen-bond acceptors (Lipinski definition) is 4. The summed E-state index contributed by atoms with van der Waals surface area (Å²) in [5, 5.41) is 4.65. The number of nitrogens with zero attached hydrogens (tertiary/aromatic N) is 1. The Morgan fingerprint density at radius 3 is 2.85 bits per heavy atom. The van der Waals surface area contributed by atoms with Crippen molar-refractivity contribution in [2.24, 2.45) is 0 Å². The van der Waals surface area contributed by atoms with Gasteiger partial charge in [0.15, 0.2) is 0 Å². The number of aromatic nitrogens is 1. The standard InChI is InChI=1S/C16H23N3S/c1-20-11-5-3-2-4-9-18-15-8-10-19-16-12-13(17)6-7-14(15)16/h6-8,10,12H,2-5,9,11,17H2,1H3,(H,18,19). The summed E-state index contributed by atoms with van der Waals surface area (Å²) in [7, 11) is 0. The third-order valence-corrected chi connectivity index (χ3v) is 4.05. The number of anilines is 2. The molecule has 0 saturated carbocycles. The average molecular weight is 289 g/mol. The molecule has 108 valence electrons. The molecule has 3 N–H and O–H groups in total. The number of unbranched alkanes of at least 4 members (excludes halogenated alkanes) is 3. The number of fused-ring (bicyclic) bond motifs is 1. The van der Waals surface area contributed by atoms with Crippen LogP contribution in [0.15, 0.2) is 30.5 Å². The van der Waals surface area contributed by atoms with Crippen LogP contribution in [0.5, 0.6) is 0 Å². The van der Waals surface area contributed by atoms with Crippen LogP contribution in [0.1, 0.15) is 25.7 Å². The number of nitrogen functional groups attached to an aromatic ring is 1. The van der Waals surface area contributed by atoms with Crippen molar-refractivity contribution in [1.82, 2.24) is 4.98 Å². The number of rotatable bonds is 8. The largest absolute Gasteiger partial charge is 0.399 e. The van der Waals surface area contributed by atoms with Crippen LogP contribution >= 0.6 is 11.8 Å². The van der Waals surface area contributed by atoms with E-state index in [0.29, 0.717) is 0 Å². The topological polar surface area (TPSA) is 50.9 Å². The zero-order valence-electron chi connectivity index (χ0n) is 12.1. The highest BCUT2D eigenvalue weighted by molar-refractivity contribution is 7.98. The van der Waals surface area contributed by atoms with Gasteiger partial charge in [-0.15, -0.1) is 0 Å². The predicted octanol–water partition coefficient (Wildman–Crippen LogP) is 4.15. The Kier molecular flexibility index (Phi) is 5.99. The Balaban J connectivity index is 1.84. The predicted molar refractivity (Wildman–Crippen MR) is 91.5 cm³/mol. The molecule has 2 rings (SSSR count). The van der Waals surface area contributed by atoms with E-state index in [4.69, 9.17) is 5.73 Å². The van der Waals surface area contributed by atoms with Crippen molar-refractivity contribution < 1.29 is 0 Å². The molecule has 0 unspecified atom stereocenters. The van der Waals surface area contributed by atoms with Crippen LogP contribution in [0.4, 0.5) is 11.4 Å². The minimum absolute atomic E-state index is 0.760. The van der Waals surface area contributed by atoms with Gasteiger partial charge in [-0.25, -0.2) is 0 Å². The molecule has 4 heteroatoms. The SMILES string of the molecule is CSCCCCCCNc1ccnc2cc(N)ccc12. The molecule has 1 heterocycles. The van der Waals surface area contributed by atoms with Crippen LogP contribution in [0.25, 0.3) is 10.9 Å². The molecule has 0 atom stereocenters. The molecule has 2 aromatic rings. The van der Waals surface area contributed by atoms with Crippen LogP contribution in [-0.4, -0.2) is 23.5 Å². The Hall–Kier alpha value is -1.42. The average Bonchev–Trinajstić information content (AvgIpc) is 2.46. The molecule has 0 radical (unpaired) electrons. The summed E-state index contributed by atoms with van der Waals surface area (Å²) in [6.07, 6.45) is 9.18. The maximum Gasteiger partial charge on any atom is 0.0743 e. The van der Waals surface area contributed by atoms with E-state index in [2.05, 4.69) is 16.6 Å². The van der Waals surface area contributed by atoms with Crippen molar-refractivity contribution in [2.45, 2.75) is 25.7 Å². The van der Waals surface area contributed by atoms with Crippen LogP contribution < -0.4 is 11.1 Å². The van der Waals surface area contributed by atoms with E-state index < -0.39 is 0 Å². The van der Waals surface area contributed by atoms with E-state index >= 15 is 0 Å². The van der Waals surface area contributed by atoms with Gasteiger partial charge in [0.05, 0.1) is 5.52 Å². The Morgan fingerprint density at radius 2 is 2.00 bits per heavy atom. The first-order valence-electron chi connectivity index (χ1n) is 7.18. The lowest BCUT2D eigenvalue weighted by molar-refractivity contribution is 0.689. The third-order valence-electron chi connectivity index (χ3n) is 3.36. The molecule has 0 bridgehead atoms. The van der Waals surface area contributed by atoms with Gasteiger partial charge in [-0.1, -0.05) is 12.8 Å². The van der Waals surface area contributed by atoms with Crippen molar-refractivity contribution in [3.63, 3.8) is 0 Å². The Labute approximate surface area is 125 Å². The van der Waals surface area contributed by atoms with Gasteiger partial charge in [-0.2, -0.15) is 11.8 Å². The molecule has 1 aromatic heterocycles. The summed E-state index contributed by atoms with van der Waals surface area (Å²) >= 11 is 1.93. The number of nitrogens with two attached hydrogens (primary N) is 1. The second-order valence-corrected chi connectivity index (χ2v) is 5.95. The second kappa shape index (κ2) is 8.00. The molecule has 20 heavy (non-hydrogen) atoms. The lowest BCUT2D eigenvalue weighted by Gasteiger charge is -2.09. The Bertz CT molecular complexity index is 542. The molecule has 0 spiro atoms. The van der Waals surface area contributed by atoms with Crippen molar-refractivity contribution in [1.29, 1.82) is 0 Å². The van der Waals surface area contributed by atoms with Crippen LogP contribution in [-0.2, 0) is 0 Å². The van der Waals surface area contributed by atoms with E-state index in [1.165, 1.54) is 31.4 Å². The maximum atomic E-state index is 5.79. The van der Waals surface area contributed by atoms with Gasteiger partial charge in [0.2, 0.25) is 0 Å². The lowest BCUT2D eigenvalue weighted by atomic mass is 10.1. The highest BCUT2D eigenvalue weighted by Gasteiger charge is 2.01. The molecule has 3 nitrogen and oxygen atoms in total. The minimum Gasteiger partial charge on any atom is -0.399 e. The van der Waals surface area contributed by atoms with Gasteiger partial charge in [0, 0.05) is 29.5 Å². The second-order valence-electron chi connectivity index (χ2n) is 4.97. The number of pyridine rings is 1. The zero-order chi connectivity index (χ0) is 14.2. The molecule has 1 aromatic carbocycles. The summed E-state index contributed by atoms with van der Waals surface area (Å²) < 4.78 is 0. The number of nitrogens with one attached hydrogen (secondary N) is 1. The summed E-state index contributed by atoms with van der Waals surface area (Å²) in [6.45, 7) is 1.02. The monoisotopic (exact) mass is 289 g/mol. The van der Waals surface area contributed by atoms with Gasteiger partial charge in [0.1, 0.15) is 0 Å². The van der Waals surface area contributed by atoms with E-state index in [0.717, 1.165) is 28.8 Å². The summed E-state index contributed by atoms with van der Waals surface area (Å²) in [6, 6.07) is 7.92. The Morgan fingerprint density at radius 1 is 1.15 bits per heavy atom. The maximum absolute atomic E-state index is 5.79. The molecule has 0 fully saturated rings. The van der Waals surface area contributed by atoms with E-state index in [9.17, 15) is 0 Å². The fourth-order valence-corrected chi connectivity index (χ4v) is 2.76. The van der Waals surface area contributed by atoms with Crippen LogP contribution in [0.3, 0.4) is 0 Å². The lowest BCUT2D eigenvalue weighted by Crippen LogP contribution is -2.02. The third kappa shape index (κ3) is 4.30. The first kappa shape index (κ1) is 15.0. The number of hydrogen-bond donors (Lipinski definition) is 2. The quantitative estimate of drug-likeness (QED) is 0.566. The van der Waals surface area contributed by atoms with Crippen molar-refractivity contribution in [3.05, 3.63) is 30.5 Å². The fourth-order valence-electron chi connectivity index (χ4n) is 2.27. The fraction of sp³-hybridized carbons (Fsp3) is 0.438. The zero-order valence-corrected chi connectivity index (χ0v) is 12.9. The molecule has 0 amide bonds. The van der Waals surface area contributed by atoms with Gasteiger partial charge in [0.25, 0.3) is 0 Å². The number of thioether (sulfide) groups is 1. The molecule has 0 saturated heterocycles. The molecule has 0 aliphatic carbocycles. The van der Waals surface area contributed by atoms with E-state index in [-0.39, 0.29) is 0 Å². The van der Waals surface area contributed by atoms with Crippen molar-refractivity contribution >= 4 is 34.0 Å². The van der Waals surface area contributed by atoms with Gasteiger partial charge in [-0.05, 0) is 49.1 Å². The normalized spacial score (nSPS) is 10.8. The smallest absolute Gasteiger partial charge is 0.0743 e. The van der Waals surface area contributed by atoms with Crippen molar-refractivity contribution in [3.8, 4) is 0 Å². The van der Waals surface area contributed by atoms with Crippen LogP contribution in [0, 0.1) is 0 Å². The number of benzene rings is 1. The highest BCUT2D eigenvalue weighted by Crippen LogP contribution is 2.23. The van der Waals surface area contributed by atoms with Crippen LogP contribution in [0.2, 0.25) is 0 Å². The summed E-state index contributed by atoms with van der Waals surface area (Å²) in [5.41, 5.74) is 8.66. The summed E-state index contributed by atoms with van der Waals surface area (Å²) in [4.78, 5) is 4.36. The molecular weight excluding hydrogens is 266 g/mol. The molecule has 0 aliphatic rings. The molecule has 0 aliphatic heterocycles. The minimum atomic E-state index is 0.760. The van der Waals surface area contributed by atoms with E-state index in [1.807, 2.05) is 42.2 Å². The highest BCUT2D eigenvalue weighted by atomic mass is 32.2. The molecular formula is C16H23N3S. The first-order valence-corrected chi connectivity index (χ1v) is 8.57. The van der Waals surface area contributed by atoms with Gasteiger partial charge >= 0.3 is 0 Å². The van der Waals surface area contributed by atoms with Crippen molar-refractivity contribution in [2.75, 3.05) is 29.6 Å².